The van der Waals surface area contributed by atoms with E-state index < -0.39 is 0 Å². The molecule has 2 aromatic rings. The molecule has 1 fully saturated rings. The second kappa shape index (κ2) is 7.68. The normalized spacial score (nSPS) is 20.0. The average Bonchev–Trinajstić information content (AvgIpc) is 3.17. The van der Waals surface area contributed by atoms with Crippen molar-refractivity contribution < 1.29 is 4.79 Å². The number of hydrogen-bond acceptors (Lipinski definition) is 2. The summed E-state index contributed by atoms with van der Waals surface area (Å²) in [4.78, 5) is 17.0. The summed E-state index contributed by atoms with van der Waals surface area (Å²) in [6.45, 7) is 4.27. The molecule has 2 aliphatic rings. The Bertz CT molecular complexity index is 777. The number of benzene rings is 2. The van der Waals surface area contributed by atoms with Crippen LogP contribution in [0.25, 0.3) is 0 Å². The van der Waals surface area contributed by atoms with Crippen molar-refractivity contribution in [1.29, 1.82) is 0 Å². The van der Waals surface area contributed by atoms with Crippen molar-refractivity contribution >= 4 is 17.6 Å². The summed E-state index contributed by atoms with van der Waals surface area (Å²) in [6, 6.07) is 16.8. The van der Waals surface area contributed by atoms with E-state index >= 15 is 0 Å². The first-order valence-corrected chi connectivity index (χ1v) is 9.65. The quantitative estimate of drug-likeness (QED) is 0.895. The Kier molecular flexibility index (Phi) is 5.14. The Balaban J connectivity index is 1.29. The third-order valence-electron chi connectivity index (χ3n) is 5.48. The van der Waals surface area contributed by atoms with Crippen molar-refractivity contribution in [3.63, 3.8) is 0 Å². The van der Waals surface area contributed by atoms with Gasteiger partial charge in [-0.2, -0.15) is 0 Å². The first kappa shape index (κ1) is 17.4. The maximum absolute atomic E-state index is 12.5. The largest absolute Gasteiger partial charge is 0.334 e. The molecule has 0 bridgehead atoms. The molecule has 26 heavy (non-hydrogen) atoms. The second-order valence-electron chi connectivity index (χ2n) is 7.16. The third-order valence-corrected chi connectivity index (χ3v) is 5.74. The molecule has 4 nitrogen and oxygen atoms in total. The SMILES string of the molecule is O=C(NCc1ccc(Cl)cc1)N1CC[C@H](N2CCc3ccccc3C2)C1. The lowest BCUT2D eigenvalue weighted by molar-refractivity contribution is 0.173. The highest BCUT2D eigenvalue weighted by molar-refractivity contribution is 6.30. The number of amides is 2. The Morgan fingerprint density at radius 2 is 1.85 bits per heavy atom. The van der Waals surface area contributed by atoms with Crippen LogP contribution < -0.4 is 5.32 Å². The first-order chi connectivity index (χ1) is 12.7. The molecule has 2 aromatic carbocycles. The number of halogens is 1. The van der Waals surface area contributed by atoms with Crippen LogP contribution in [0.5, 0.6) is 0 Å². The molecule has 1 atom stereocenters. The van der Waals surface area contributed by atoms with Crippen LogP contribution in [0.2, 0.25) is 5.02 Å². The number of hydrogen-bond donors (Lipinski definition) is 1. The van der Waals surface area contributed by atoms with Crippen LogP contribution in [0, 0.1) is 0 Å². The molecule has 4 rings (SSSR count). The topological polar surface area (TPSA) is 35.6 Å². The summed E-state index contributed by atoms with van der Waals surface area (Å²) in [7, 11) is 0. The van der Waals surface area contributed by atoms with Crippen LogP contribution >= 0.6 is 11.6 Å². The number of likely N-dealkylation sites (tertiary alicyclic amines) is 1. The second-order valence-corrected chi connectivity index (χ2v) is 7.60. The molecule has 2 heterocycles. The van der Waals surface area contributed by atoms with Gasteiger partial charge in [0.2, 0.25) is 0 Å². The van der Waals surface area contributed by atoms with Crippen LogP contribution in [0.4, 0.5) is 4.79 Å². The van der Waals surface area contributed by atoms with Crippen molar-refractivity contribution in [2.75, 3.05) is 19.6 Å². The lowest BCUT2D eigenvalue weighted by Gasteiger charge is -2.33. The molecule has 0 spiro atoms. The number of nitrogens with zero attached hydrogens (tertiary/aromatic N) is 2. The van der Waals surface area contributed by atoms with E-state index in [-0.39, 0.29) is 6.03 Å². The van der Waals surface area contributed by atoms with Crippen LogP contribution in [-0.4, -0.2) is 41.5 Å². The highest BCUT2D eigenvalue weighted by Gasteiger charge is 2.31. The molecule has 136 valence electrons. The minimum atomic E-state index is 0.0276. The standard InChI is InChI=1S/C21H24ClN3O/c22-19-7-5-16(6-8-19)13-23-21(26)25-12-10-20(15-25)24-11-9-17-3-1-2-4-18(17)14-24/h1-8,20H,9-15H2,(H,23,26)/t20-/m0/s1. The zero-order chi connectivity index (χ0) is 17.9. The van der Waals surface area contributed by atoms with Gasteiger partial charge in [-0.15, -0.1) is 0 Å². The van der Waals surface area contributed by atoms with E-state index in [9.17, 15) is 4.79 Å². The van der Waals surface area contributed by atoms with E-state index in [0.29, 0.717) is 17.6 Å². The fourth-order valence-electron chi connectivity index (χ4n) is 3.95. The van der Waals surface area contributed by atoms with Crippen molar-refractivity contribution in [2.24, 2.45) is 0 Å². The smallest absolute Gasteiger partial charge is 0.317 e. The van der Waals surface area contributed by atoms with Gasteiger partial charge in [-0.05, 0) is 41.7 Å². The van der Waals surface area contributed by atoms with Crippen LogP contribution in [0.15, 0.2) is 48.5 Å². The minimum absolute atomic E-state index is 0.0276. The number of urea groups is 1. The molecular formula is C21H24ClN3O. The van der Waals surface area contributed by atoms with E-state index in [1.807, 2.05) is 29.2 Å². The molecule has 0 aliphatic carbocycles. The highest BCUT2D eigenvalue weighted by atomic mass is 35.5. The molecule has 0 unspecified atom stereocenters. The zero-order valence-corrected chi connectivity index (χ0v) is 15.6. The maximum Gasteiger partial charge on any atom is 0.317 e. The van der Waals surface area contributed by atoms with Gasteiger partial charge in [0.05, 0.1) is 0 Å². The monoisotopic (exact) mass is 369 g/mol. The first-order valence-electron chi connectivity index (χ1n) is 9.27. The summed E-state index contributed by atoms with van der Waals surface area (Å²) in [5.41, 5.74) is 3.97. The number of nitrogens with one attached hydrogen (secondary N) is 1. The number of fused-ring (bicyclic) bond motifs is 1. The predicted molar refractivity (Wildman–Crippen MR) is 104 cm³/mol. The predicted octanol–water partition coefficient (Wildman–Crippen LogP) is 3.68. The van der Waals surface area contributed by atoms with Crippen molar-refractivity contribution in [3.05, 3.63) is 70.2 Å². The number of rotatable bonds is 3. The molecule has 2 amide bonds. The van der Waals surface area contributed by atoms with Gasteiger partial charge in [0, 0.05) is 43.8 Å². The zero-order valence-electron chi connectivity index (χ0n) is 14.8. The fourth-order valence-corrected chi connectivity index (χ4v) is 4.07. The summed E-state index contributed by atoms with van der Waals surface area (Å²) >= 11 is 5.90. The number of carbonyl (C=O) groups is 1. The van der Waals surface area contributed by atoms with E-state index in [0.717, 1.165) is 44.6 Å². The Hall–Kier alpha value is -2.04. The Morgan fingerprint density at radius 1 is 1.08 bits per heavy atom. The molecule has 2 aliphatic heterocycles. The van der Waals surface area contributed by atoms with Crippen molar-refractivity contribution in [1.82, 2.24) is 15.1 Å². The lowest BCUT2D eigenvalue weighted by Crippen LogP contribution is -2.43. The van der Waals surface area contributed by atoms with Crippen molar-refractivity contribution in [3.8, 4) is 0 Å². The van der Waals surface area contributed by atoms with Gasteiger partial charge in [0.25, 0.3) is 0 Å². The van der Waals surface area contributed by atoms with Crippen LogP contribution in [0.1, 0.15) is 23.1 Å². The van der Waals surface area contributed by atoms with Gasteiger partial charge < -0.3 is 10.2 Å². The van der Waals surface area contributed by atoms with Gasteiger partial charge in [-0.25, -0.2) is 4.79 Å². The average molecular weight is 370 g/mol. The molecule has 5 heteroatoms. The summed E-state index contributed by atoms with van der Waals surface area (Å²) in [5, 5.41) is 3.74. The van der Waals surface area contributed by atoms with Gasteiger partial charge >= 0.3 is 6.03 Å². The third kappa shape index (κ3) is 3.87. The minimum Gasteiger partial charge on any atom is -0.334 e. The molecule has 0 radical (unpaired) electrons. The van der Waals surface area contributed by atoms with E-state index in [1.54, 1.807) is 0 Å². The van der Waals surface area contributed by atoms with E-state index in [4.69, 9.17) is 11.6 Å². The Morgan fingerprint density at radius 3 is 2.65 bits per heavy atom. The van der Waals surface area contributed by atoms with Gasteiger partial charge in [0.1, 0.15) is 0 Å². The molecule has 0 saturated carbocycles. The summed E-state index contributed by atoms with van der Waals surface area (Å²) < 4.78 is 0. The molecule has 1 N–H and O–H groups in total. The lowest BCUT2D eigenvalue weighted by atomic mass is 9.98. The Labute approximate surface area is 159 Å². The van der Waals surface area contributed by atoms with Crippen molar-refractivity contribution in [2.45, 2.75) is 32.0 Å². The molecule has 1 saturated heterocycles. The summed E-state index contributed by atoms with van der Waals surface area (Å²) in [6.07, 6.45) is 2.16. The van der Waals surface area contributed by atoms with Gasteiger partial charge in [-0.3, -0.25) is 4.90 Å². The molecular weight excluding hydrogens is 346 g/mol. The maximum atomic E-state index is 12.5. The van der Waals surface area contributed by atoms with Gasteiger partial charge in [0.15, 0.2) is 0 Å². The van der Waals surface area contributed by atoms with Crippen LogP contribution in [0.3, 0.4) is 0 Å². The van der Waals surface area contributed by atoms with E-state index in [2.05, 4.69) is 34.5 Å². The number of carbonyl (C=O) groups excluding carboxylic acids is 1. The summed E-state index contributed by atoms with van der Waals surface area (Å²) in [5.74, 6) is 0. The van der Waals surface area contributed by atoms with Crippen LogP contribution in [-0.2, 0) is 19.5 Å². The van der Waals surface area contributed by atoms with E-state index in [1.165, 1.54) is 11.1 Å². The van der Waals surface area contributed by atoms with Gasteiger partial charge in [-0.1, -0.05) is 48.0 Å². The molecule has 0 aromatic heterocycles. The highest BCUT2D eigenvalue weighted by Crippen LogP contribution is 2.24. The fraction of sp³-hybridized carbons (Fsp3) is 0.381.